The maximum absolute atomic E-state index is 12.8. The molecule has 0 radical (unpaired) electrons. The van der Waals surface area contributed by atoms with E-state index in [1.807, 2.05) is 0 Å². The van der Waals surface area contributed by atoms with Crippen LogP contribution in [0.5, 0.6) is 0 Å². The first-order valence-corrected chi connectivity index (χ1v) is 12.0. The highest BCUT2D eigenvalue weighted by atomic mass is 35.5. The Morgan fingerprint density at radius 1 is 1.23 bits per heavy atom. The molecule has 2 saturated heterocycles. The van der Waals surface area contributed by atoms with E-state index in [2.05, 4.69) is 5.32 Å². The van der Waals surface area contributed by atoms with Crippen LogP contribution in [-0.2, 0) is 25.2 Å². The summed E-state index contributed by atoms with van der Waals surface area (Å²) in [5.41, 5.74) is -1.38. The average molecular weight is 487 g/mol. The topological polar surface area (TPSA) is 120 Å². The molecule has 13 heteroatoms. The smallest absolute Gasteiger partial charge is 0.325 e. The Balaban J connectivity index is 1.38. The molecule has 0 aromatic carbocycles. The van der Waals surface area contributed by atoms with Crippen LogP contribution in [0.3, 0.4) is 0 Å². The monoisotopic (exact) mass is 486 g/mol. The minimum absolute atomic E-state index is 0.105. The first kappa shape index (κ1) is 21.8. The van der Waals surface area contributed by atoms with Gasteiger partial charge in [0.2, 0.25) is 5.91 Å². The van der Waals surface area contributed by atoms with Crippen molar-refractivity contribution in [2.24, 2.45) is 0 Å². The molecule has 2 aromatic heterocycles. The van der Waals surface area contributed by atoms with Crippen molar-refractivity contribution in [2.75, 3.05) is 32.7 Å². The number of hydrogen-bond acceptors (Lipinski definition) is 7. The van der Waals surface area contributed by atoms with Gasteiger partial charge in [0, 0.05) is 26.2 Å². The summed E-state index contributed by atoms with van der Waals surface area (Å²) in [6.45, 7) is 1.58. The van der Waals surface area contributed by atoms with Gasteiger partial charge in [0.1, 0.15) is 16.5 Å². The predicted molar refractivity (Wildman–Crippen MR) is 111 cm³/mol. The fourth-order valence-electron chi connectivity index (χ4n) is 3.55. The summed E-state index contributed by atoms with van der Waals surface area (Å²) in [6, 6.07) is 5.46. The molecule has 10 nitrogen and oxygen atoms in total. The van der Waals surface area contributed by atoms with E-state index < -0.39 is 40.0 Å². The minimum atomic E-state index is -3.68. The normalized spacial score (nSPS) is 22.8. The summed E-state index contributed by atoms with van der Waals surface area (Å²) < 4.78 is 32.5. The van der Waals surface area contributed by atoms with Gasteiger partial charge in [0.05, 0.1) is 10.6 Å². The number of furan rings is 1. The van der Waals surface area contributed by atoms with E-state index in [9.17, 15) is 22.8 Å². The maximum atomic E-state index is 12.8. The first-order valence-electron chi connectivity index (χ1n) is 9.34. The number of hydrogen-bond donors (Lipinski definition) is 1. The molecule has 166 valence electrons. The quantitative estimate of drug-likeness (QED) is 0.636. The molecule has 1 unspecified atom stereocenters. The van der Waals surface area contributed by atoms with Crippen LogP contribution in [0.25, 0.3) is 0 Å². The van der Waals surface area contributed by atoms with Crippen LogP contribution in [0, 0.1) is 0 Å². The fraction of sp³-hybridized carbons (Fsp3) is 0.389. The third-order valence-corrected chi connectivity index (χ3v) is 8.91. The Kier molecular flexibility index (Phi) is 5.58. The van der Waals surface area contributed by atoms with E-state index in [-0.39, 0.29) is 36.1 Å². The number of urea groups is 1. The summed E-state index contributed by atoms with van der Waals surface area (Å²) in [5.74, 6) is -0.756. The van der Waals surface area contributed by atoms with Crippen molar-refractivity contribution in [1.29, 1.82) is 0 Å². The van der Waals surface area contributed by atoms with Crippen molar-refractivity contribution in [3.8, 4) is 0 Å². The Bertz CT molecular complexity index is 1120. The third-order valence-electron chi connectivity index (χ3n) is 5.32. The van der Waals surface area contributed by atoms with Gasteiger partial charge in [0.25, 0.3) is 15.9 Å². The van der Waals surface area contributed by atoms with Gasteiger partial charge >= 0.3 is 6.03 Å². The number of amides is 4. The molecule has 0 saturated carbocycles. The second-order valence-electron chi connectivity index (χ2n) is 7.27. The lowest BCUT2D eigenvalue weighted by atomic mass is 9.99. The lowest BCUT2D eigenvalue weighted by Gasteiger charge is -2.34. The summed E-state index contributed by atoms with van der Waals surface area (Å²) in [5, 5.41) is 2.56. The van der Waals surface area contributed by atoms with Gasteiger partial charge in [-0.15, -0.1) is 11.3 Å². The molecule has 2 aliphatic rings. The van der Waals surface area contributed by atoms with E-state index in [0.717, 1.165) is 16.2 Å². The number of imide groups is 1. The van der Waals surface area contributed by atoms with Crippen LogP contribution in [0.2, 0.25) is 4.34 Å². The van der Waals surface area contributed by atoms with Gasteiger partial charge in [-0.3, -0.25) is 14.5 Å². The van der Waals surface area contributed by atoms with Crippen LogP contribution in [0.15, 0.2) is 39.2 Å². The number of nitrogens with one attached hydrogen (secondary N) is 1. The molecular weight excluding hydrogens is 468 g/mol. The highest BCUT2D eigenvalue weighted by Gasteiger charge is 2.51. The zero-order chi connectivity index (χ0) is 22.4. The molecule has 1 atom stereocenters. The van der Waals surface area contributed by atoms with Gasteiger partial charge < -0.3 is 14.6 Å². The lowest BCUT2D eigenvalue weighted by Crippen LogP contribution is -2.53. The van der Waals surface area contributed by atoms with Crippen molar-refractivity contribution >= 4 is 50.8 Å². The van der Waals surface area contributed by atoms with E-state index in [1.54, 1.807) is 12.1 Å². The molecule has 31 heavy (non-hydrogen) atoms. The molecule has 2 aliphatic heterocycles. The number of thiophene rings is 1. The molecule has 4 rings (SSSR count). The maximum Gasteiger partial charge on any atom is 0.325 e. The summed E-state index contributed by atoms with van der Waals surface area (Å²) in [4.78, 5) is 40.2. The number of carbonyl (C=O) groups excluding carboxylic acids is 3. The van der Waals surface area contributed by atoms with Crippen molar-refractivity contribution < 1.29 is 27.2 Å². The molecule has 4 heterocycles. The predicted octanol–water partition coefficient (Wildman–Crippen LogP) is 1.29. The van der Waals surface area contributed by atoms with Crippen LogP contribution in [0.1, 0.15) is 12.7 Å². The average Bonchev–Trinajstić information content (AvgIpc) is 3.47. The highest BCUT2D eigenvalue weighted by molar-refractivity contribution is 7.91. The molecule has 2 fully saturated rings. The molecule has 4 amide bonds. The van der Waals surface area contributed by atoms with Crippen molar-refractivity contribution in [3.05, 3.63) is 40.6 Å². The number of nitrogens with zero attached hydrogens (tertiary/aromatic N) is 3. The van der Waals surface area contributed by atoms with Crippen LogP contribution >= 0.6 is 22.9 Å². The number of carbonyl (C=O) groups is 3. The Hall–Kier alpha value is -2.41. The molecule has 2 aromatic rings. The van der Waals surface area contributed by atoms with Gasteiger partial charge in [0.15, 0.2) is 5.54 Å². The van der Waals surface area contributed by atoms with Gasteiger partial charge in [-0.25, -0.2) is 13.2 Å². The number of piperazine rings is 1. The van der Waals surface area contributed by atoms with Crippen LogP contribution in [0.4, 0.5) is 4.79 Å². The molecule has 0 aliphatic carbocycles. The Labute approximate surface area is 187 Å². The van der Waals surface area contributed by atoms with Crippen LogP contribution < -0.4 is 5.32 Å². The van der Waals surface area contributed by atoms with Crippen molar-refractivity contribution in [1.82, 2.24) is 19.4 Å². The molecule has 0 spiro atoms. The van der Waals surface area contributed by atoms with E-state index in [0.29, 0.717) is 4.34 Å². The number of sulfonamides is 1. The summed E-state index contributed by atoms with van der Waals surface area (Å²) in [7, 11) is -3.68. The summed E-state index contributed by atoms with van der Waals surface area (Å²) in [6.07, 6.45) is 1.39. The third kappa shape index (κ3) is 3.84. The van der Waals surface area contributed by atoms with Gasteiger partial charge in [-0.2, -0.15) is 4.31 Å². The van der Waals surface area contributed by atoms with E-state index in [1.165, 1.54) is 34.5 Å². The molecule has 0 bridgehead atoms. The second-order valence-corrected chi connectivity index (χ2v) is 11.1. The Morgan fingerprint density at radius 2 is 1.94 bits per heavy atom. The van der Waals surface area contributed by atoms with Gasteiger partial charge in [-0.05, 0) is 31.2 Å². The Morgan fingerprint density at radius 3 is 2.52 bits per heavy atom. The second kappa shape index (κ2) is 7.93. The van der Waals surface area contributed by atoms with Crippen molar-refractivity contribution in [2.45, 2.75) is 16.7 Å². The lowest BCUT2D eigenvalue weighted by molar-refractivity contribution is -0.139. The largest absolute Gasteiger partial charge is 0.466 e. The number of halogens is 1. The van der Waals surface area contributed by atoms with E-state index >= 15 is 0 Å². The SMILES string of the molecule is CC1(c2ccco2)NC(=O)N(CC(=O)N2CCN(S(=O)(=O)c3ccc(Cl)s3)CC2)C1=O. The first-order chi connectivity index (χ1) is 14.6. The zero-order valence-electron chi connectivity index (χ0n) is 16.4. The van der Waals surface area contributed by atoms with E-state index in [4.69, 9.17) is 16.0 Å². The minimum Gasteiger partial charge on any atom is -0.466 e. The van der Waals surface area contributed by atoms with Crippen molar-refractivity contribution in [3.63, 3.8) is 0 Å². The molecule has 1 N–H and O–H groups in total. The highest BCUT2D eigenvalue weighted by Crippen LogP contribution is 2.30. The standard InChI is InChI=1S/C18H19ClN4O6S2/c1-18(12-3-2-10-29-12)16(25)23(17(26)20-18)11-14(24)21-6-8-22(9-7-21)31(27,28)15-5-4-13(19)30-15/h2-5,10H,6-9,11H2,1H3,(H,20,26). The van der Waals surface area contributed by atoms with Gasteiger partial charge in [-0.1, -0.05) is 11.6 Å². The number of rotatable bonds is 5. The summed E-state index contributed by atoms with van der Waals surface area (Å²) >= 11 is 6.81. The molecular formula is C18H19ClN4O6S2. The zero-order valence-corrected chi connectivity index (χ0v) is 18.8. The van der Waals surface area contributed by atoms with Crippen LogP contribution in [-0.4, -0.2) is 73.1 Å². The fourth-order valence-corrected chi connectivity index (χ4v) is 6.61.